The maximum atomic E-state index is 13.0. The van der Waals surface area contributed by atoms with E-state index in [9.17, 15) is 14.7 Å². The third kappa shape index (κ3) is 6.49. The van der Waals surface area contributed by atoms with E-state index in [-0.39, 0.29) is 18.4 Å². The summed E-state index contributed by atoms with van der Waals surface area (Å²) < 4.78 is 5.02. The average molecular weight is 568 g/mol. The third-order valence-corrected chi connectivity index (χ3v) is 8.43. The Morgan fingerprint density at radius 2 is 1.45 bits per heavy atom. The van der Waals surface area contributed by atoms with Gasteiger partial charge in [0.2, 0.25) is 5.91 Å². The van der Waals surface area contributed by atoms with Crippen LogP contribution in [-0.2, 0) is 19.9 Å². The fourth-order valence-corrected chi connectivity index (χ4v) is 6.29. The Labute approximate surface area is 249 Å². The normalized spacial score (nSPS) is 19.7. The summed E-state index contributed by atoms with van der Waals surface area (Å²) in [5.41, 5.74) is 3.90. The molecule has 0 aliphatic carbocycles. The molecule has 7 heteroatoms. The number of carbonyl (C=O) groups is 2. The number of rotatable bonds is 10. The molecule has 7 nitrogen and oxygen atoms in total. The number of hydrogen-bond acceptors (Lipinski definition) is 6. The van der Waals surface area contributed by atoms with Crippen molar-refractivity contribution in [1.29, 1.82) is 0 Å². The lowest BCUT2D eigenvalue weighted by Crippen LogP contribution is -2.53. The van der Waals surface area contributed by atoms with Crippen molar-refractivity contribution in [2.75, 3.05) is 52.4 Å². The molecule has 1 atom stereocenters. The van der Waals surface area contributed by atoms with E-state index in [4.69, 9.17) is 4.74 Å². The standard InChI is InChI=1S/C35H41N3O4/c1-2-42-34(41)20-21-36-24-25-37(33(40)27-36)22-18-28-26-38(23-19-32(28)39)35(29-12-6-3-7-13-29,30-14-8-4-9-15-30)31-16-10-5-11-17-31/h3-18,32,39H,2,19-27H2,1H3. The maximum Gasteiger partial charge on any atom is 0.307 e. The van der Waals surface area contributed by atoms with Crippen LogP contribution in [0.1, 0.15) is 36.5 Å². The predicted molar refractivity (Wildman–Crippen MR) is 164 cm³/mol. The topological polar surface area (TPSA) is 73.3 Å². The number of piperazine rings is 1. The van der Waals surface area contributed by atoms with Crippen molar-refractivity contribution in [1.82, 2.24) is 14.7 Å². The maximum absolute atomic E-state index is 13.0. The molecular formula is C35H41N3O4. The monoisotopic (exact) mass is 567 g/mol. The molecule has 3 aromatic rings. The number of carbonyl (C=O) groups excluding carboxylic acids is 2. The number of aliphatic hydroxyl groups is 1. The van der Waals surface area contributed by atoms with Crippen LogP contribution < -0.4 is 0 Å². The van der Waals surface area contributed by atoms with Crippen LogP contribution in [0.2, 0.25) is 0 Å². The number of ether oxygens (including phenoxy) is 1. The van der Waals surface area contributed by atoms with Gasteiger partial charge in [0.1, 0.15) is 0 Å². The minimum absolute atomic E-state index is 0.0383. The first kappa shape index (κ1) is 29.7. The van der Waals surface area contributed by atoms with Crippen molar-refractivity contribution < 1.29 is 19.4 Å². The highest BCUT2D eigenvalue weighted by molar-refractivity contribution is 5.79. The summed E-state index contributed by atoms with van der Waals surface area (Å²) in [6.07, 6.45) is 2.39. The number of hydrogen-bond donors (Lipinski definition) is 1. The predicted octanol–water partition coefficient (Wildman–Crippen LogP) is 4.07. The molecule has 2 saturated heterocycles. The van der Waals surface area contributed by atoms with Gasteiger partial charge in [0.05, 0.1) is 31.2 Å². The van der Waals surface area contributed by atoms with E-state index < -0.39 is 11.6 Å². The van der Waals surface area contributed by atoms with Crippen LogP contribution in [-0.4, -0.2) is 90.2 Å². The quantitative estimate of drug-likeness (QED) is 0.226. The van der Waals surface area contributed by atoms with Gasteiger partial charge in [-0.2, -0.15) is 0 Å². The van der Waals surface area contributed by atoms with Gasteiger partial charge in [0.25, 0.3) is 0 Å². The molecule has 2 aliphatic heterocycles. The van der Waals surface area contributed by atoms with Gasteiger partial charge in [0.15, 0.2) is 0 Å². The van der Waals surface area contributed by atoms with E-state index in [1.54, 1.807) is 6.92 Å². The van der Waals surface area contributed by atoms with Crippen molar-refractivity contribution in [3.05, 3.63) is 119 Å². The number of piperidine rings is 1. The van der Waals surface area contributed by atoms with Crippen LogP contribution in [0.3, 0.4) is 0 Å². The summed E-state index contributed by atoms with van der Waals surface area (Å²) in [7, 11) is 0. The lowest BCUT2D eigenvalue weighted by Gasteiger charge is -2.48. The molecule has 2 aliphatic rings. The highest BCUT2D eigenvalue weighted by Gasteiger charge is 2.44. The van der Waals surface area contributed by atoms with E-state index in [1.807, 2.05) is 28.0 Å². The Bertz CT molecular complexity index is 1250. The fourth-order valence-electron chi connectivity index (χ4n) is 6.29. The van der Waals surface area contributed by atoms with Gasteiger partial charge >= 0.3 is 5.97 Å². The van der Waals surface area contributed by atoms with Crippen LogP contribution >= 0.6 is 0 Å². The zero-order chi connectivity index (χ0) is 29.4. The van der Waals surface area contributed by atoms with Crippen LogP contribution in [0, 0.1) is 0 Å². The number of esters is 1. The largest absolute Gasteiger partial charge is 0.466 e. The summed E-state index contributed by atoms with van der Waals surface area (Å²) in [5.74, 6) is -0.193. The molecule has 0 bridgehead atoms. The zero-order valence-corrected chi connectivity index (χ0v) is 24.4. The molecule has 1 unspecified atom stereocenters. The lowest BCUT2D eigenvalue weighted by atomic mass is 9.74. The molecular weight excluding hydrogens is 526 g/mol. The van der Waals surface area contributed by atoms with Gasteiger partial charge in [-0.25, -0.2) is 0 Å². The molecule has 3 aromatic carbocycles. The SMILES string of the molecule is CCOC(=O)CCN1CCN(CC=C2CN(C(c3ccccc3)(c3ccccc3)c3ccccc3)CCC2O)C(=O)C1. The van der Waals surface area contributed by atoms with E-state index in [1.165, 1.54) is 16.7 Å². The Balaban J connectivity index is 1.38. The highest BCUT2D eigenvalue weighted by atomic mass is 16.5. The van der Waals surface area contributed by atoms with E-state index in [0.29, 0.717) is 52.2 Å². The van der Waals surface area contributed by atoms with Crippen LogP contribution in [0.25, 0.3) is 0 Å². The molecule has 1 amide bonds. The Kier molecular flexibility index (Phi) is 9.85. The zero-order valence-electron chi connectivity index (χ0n) is 24.4. The van der Waals surface area contributed by atoms with Gasteiger partial charge in [0, 0.05) is 39.3 Å². The third-order valence-electron chi connectivity index (χ3n) is 8.43. The average Bonchev–Trinajstić information content (AvgIpc) is 3.03. The minimum atomic E-state index is -0.553. The molecule has 0 aromatic heterocycles. The Morgan fingerprint density at radius 3 is 1.98 bits per heavy atom. The molecule has 220 valence electrons. The summed E-state index contributed by atoms with van der Waals surface area (Å²) in [6, 6.07) is 31.8. The number of aliphatic hydroxyl groups excluding tert-OH is 1. The van der Waals surface area contributed by atoms with Gasteiger partial charge < -0.3 is 14.7 Å². The Hall–Kier alpha value is -3.78. The van der Waals surface area contributed by atoms with Gasteiger partial charge in [-0.3, -0.25) is 19.4 Å². The van der Waals surface area contributed by atoms with Crippen LogP contribution in [0.5, 0.6) is 0 Å². The first-order valence-corrected chi connectivity index (χ1v) is 15.0. The first-order chi connectivity index (χ1) is 20.5. The molecule has 0 spiro atoms. The second-order valence-corrected chi connectivity index (χ2v) is 11.0. The van der Waals surface area contributed by atoms with Crippen LogP contribution in [0.4, 0.5) is 0 Å². The van der Waals surface area contributed by atoms with Gasteiger partial charge in [-0.05, 0) is 35.6 Å². The van der Waals surface area contributed by atoms with Crippen molar-refractivity contribution >= 4 is 11.9 Å². The van der Waals surface area contributed by atoms with Crippen molar-refractivity contribution in [3.63, 3.8) is 0 Å². The molecule has 0 saturated carbocycles. The van der Waals surface area contributed by atoms with Crippen molar-refractivity contribution in [3.8, 4) is 0 Å². The molecule has 0 radical (unpaired) electrons. The molecule has 2 heterocycles. The van der Waals surface area contributed by atoms with Crippen molar-refractivity contribution in [2.45, 2.75) is 31.4 Å². The summed E-state index contributed by atoms with van der Waals surface area (Å²) >= 11 is 0. The molecule has 42 heavy (non-hydrogen) atoms. The number of benzene rings is 3. The number of amides is 1. The summed E-state index contributed by atoms with van der Waals surface area (Å²) in [6.45, 7) is 6.02. The van der Waals surface area contributed by atoms with Crippen LogP contribution in [0.15, 0.2) is 103 Å². The minimum Gasteiger partial charge on any atom is -0.466 e. The van der Waals surface area contributed by atoms with Crippen molar-refractivity contribution in [2.24, 2.45) is 0 Å². The lowest BCUT2D eigenvalue weighted by molar-refractivity contribution is -0.144. The summed E-state index contributed by atoms with van der Waals surface area (Å²) in [5, 5.41) is 11.1. The molecule has 5 rings (SSSR count). The smallest absolute Gasteiger partial charge is 0.307 e. The van der Waals surface area contributed by atoms with Gasteiger partial charge in [-0.15, -0.1) is 0 Å². The van der Waals surface area contributed by atoms with Gasteiger partial charge in [-0.1, -0.05) is 97.1 Å². The Morgan fingerprint density at radius 1 is 0.881 bits per heavy atom. The molecule has 2 fully saturated rings. The second-order valence-electron chi connectivity index (χ2n) is 11.0. The van der Waals surface area contributed by atoms with E-state index >= 15 is 0 Å². The number of likely N-dealkylation sites (tertiary alicyclic amines) is 1. The molecule has 1 N–H and O–H groups in total. The summed E-state index contributed by atoms with van der Waals surface area (Å²) in [4.78, 5) is 31.0. The second kappa shape index (κ2) is 13.9. The fraction of sp³-hybridized carbons (Fsp3) is 0.371. The first-order valence-electron chi connectivity index (χ1n) is 15.0. The van der Waals surface area contributed by atoms with E-state index in [0.717, 1.165) is 12.1 Å². The number of nitrogens with zero attached hydrogens (tertiary/aromatic N) is 3. The van der Waals surface area contributed by atoms with E-state index in [2.05, 4.69) is 83.8 Å². The highest BCUT2D eigenvalue weighted by Crippen LogP contribution is 2.44.